The molecule has 0 saturated heterocycles. The molecule has 0 heterocycles. The molecule has 1 N–H and O–H groups in total. The summed E-state index contributed by atoms with van der Waals surface area (Å²) in [6.45, 7) is 7.15. The van der Waals surface area contributed by atoms with Gasteiger partial charge in [0.05, 0.1) is 6.10 Å². The first-order valence-corrected chi connectivity index (χ1v) is 6.63. The van der Waals surface area contributed by atoms with E-state index in [-0.39, 0.29) is 11.5 Å². The van der Waals surface area contributed by atoms with Crippen LogP contribution < -0.4 is 0 Å². The Bertz CT molecular complexity index is 288. The molecule has 0 amide bonds. The van der Waals surface area contributed by atoms with Crippen LogP contribution in [0.1, 0.15) is 59.3 Å². The molecule has 3 aliphatic rings. The predicted octanol–water partition coefficient (Wildman–Crippen LogP) is 3.36. The molecule has 1 spiro atoms. The van der Waals surface area contributed by atoms with Gasteiger partial charge in [-0.05, 0) is 42.4 Å². The molecule has 3 atom stereocenters. The molecule has 3 rings (SSSR count). The molecule has 1 heteroatoms. The van der Waals surface area contributed by atoms with Gasteiger partial charge >= 0.3 is 0 Å². The van der Waals surface area contributed by atoms with Crippen molar-refractivity contribution in [3.8, 4) is 0 Å². The molecule has 3 aliphatic carbocycles. The number of hydrogen-bond acceptors (Lipinski definition) is 1. The third-order valence-corrected chi connectivity index (χ3v) is 6.67. The zero-order valence-electron chi connectivity index (χ0n) is 10.3. The monoisotopic (exact) mass is 208 g/mol. The summed E-state index contributed by atoms with van der Waals surface area (Å²) in [6, 6.07) is 0. The first-order valence-electron chi connectivity index (χ1n) is 6.63. The van der Waals surface area contributed by atoms with Crippen LogP contribution >= 0.6 is 0 Å². The second kappa shape index (κ2) is 2.61. The van der Waals surface area contributed by atoms with Crippen LogP contribution in [0.4, 0.5) is 0 Å². The standard InChI is InChI=1S/C14H24O/c1-12(2)10-6-9-13(12,3)11(15)14(10)7-4-5-8-14/h10-11,15H,4-9H2,1-3H3. The fourth-order valence-corrected chi connectivity index (χ4v) is 5.50. The third kappa shape index (κ3) is 0.868. The van der Waals surface area contributed by atoms with Gasteiger partial charge in [0, 0.05) is 5.41 Å². The van der Waals surface area contributed by atoms with E-state index in [1.165, 1.54) is 38.5 Å². The molecule has 0 aromatic heterocycles. The van der Waals surface area contributed by atoms with Gasteiger partial charge < -0.3 is 5.11 Å². The Labute approximate surface area is 93.3 Å². The highest BCUT2D eigenvalue weighted by Gasteiger charge is 2.72. The second-order valence-electron chi connectivity index (χ2n) is 7.07. The normalized spacial score (nSPS) is 50.4. The highest BCUT2D eigenvalue weighted by atomic mass is 16.3. The van der Waals surface area contributed by atoms with Gasteiger partial charge in [-0.3, -0.25) is 0 Å². The van der Waals surface area contributed by atoms with Crippen LogP contribution in [-0.4, -0.2) is 11.2 Å². The molecule has 0 aromatic rings. The summed E-state index contributed by atoms with van der Waals surface area (Å²) in [5.41, 5.74) is 0.870. The molecular formula is C14H24O. The van der Waals surface area contributed by atoms with Crippen molar-refractivity contribution >= 4 is 0 Å². The van der Waals surface area contributed by atoms with Gasteiger partial charge in [-0.25, -0.2) is 0 Å². The molecule has 86 valence electrons. The summed E-state index contributed by atoms with van der Waals surface area (Å²) < 4.78 is 0. The van der Waals surface area contributed by atoms with Gasteiger partial charge in [0.2, 0.25) is 0 Å². The molecule has 0 aliphatic heterocycles. The van der Waals surface area contributed by atoms with Crippen molar-refractivity contribution < 1.29 is 5.11 Å². The lowest BCUT2D eigenvalue weighted by Crippen LogP contribution is -2.42. The van der Waals surface area contributed by atoms with Crippen molar-refractivity contribution in [1.82, 2.24) is 0 Å². The summed E-state index contributed by atoms with van der Waals surface area (Å²) in [4.78, 5) is 0. The molecule has 15 heavy (non-hydrogen) atoms. The summed E-state index contributed by atoms with van der Waals surface area (Å²) >= 11 is 0. The second-order valence-corrected chi connectivity index (χ2v) is 7.07. The van der Waals surface area contributed by atoms with Crippen LogP contribution in [-0.2, 0) is 0 Å². The quantitative estimate of drug-likeness (QED) is 0.647. The van der Waals surface area contributed by atoms with Gasteiger partial charge in [-0.2, -0.15) is 0 Å². The lowest BCUT2D eigenvalue weighted by molar-refractivity contribution is -0.0559. The first-order chi connectivity index (χ1) is 6.95. The number of aliphatic hydroxyl groups is 1. The highest BCUT2D eigenvalue weighted by molar-refractivity contribution is 5.20. The number of aliphatic hydroxyl groups excluding tert-OH is 1. The Morgan fingerprint density at radius 3 is 2.07 bits per heavy atom. The molecule has 3 unspecified atom stereocenters. The summed E-state index contributed by atoms with van der Waals surface area (Å²) in [7, 11) is 0. The number of hydrogen-bond donors (Lipinski definition) is 1. The molecular weight excluding hydrogens is 184 g/mol. The SMILES string of the molecule is CC1(C)C2CCC1(C)C(O)C21CCCC1. The van der Waals surface area contributed by atoms with E-state index in [1.54, 1.807) is 0 Å². The predicted molar refractivity (Wildman–Crippen MR) is 61.5 cm³/mol. The van der Waals surface area contributed by atoms with Crippen LogP contribution in [0.25, 0.3) is 0 Å². The minimum Gasteiger partial charge on any atom is -0.392 e. The maximum Gasteiger partial charge on any atom is 0.0657 e. The largest absolute Gasteiger partial charge is 0.392 e. The average Bonchev–Trinajstić information content (AvgIpc) is 2.74. The van der Waals surface area contributed by atoms with E-state index in [1.807, 2.05) is 0 Å². The zero-order valence-corrected chi connectivity index (χ0v) is 10.3. The lowest BCUT2D eigenvalue weighted by atomic mass is 9.67. The number of fused-ring (bicyclic) bond motifs is 3. The van der Waals surface area contributed by atoms with E-state index in [9.17, 15) is 5.11 Å². The van der Waals surface area contributed by atoms with Crippen LogP contribution in [0.2, 0.25) is 0 Å². The van der Waals surface area contributed by atoms with Crippen LogP contribution in [0.3, 0.4) is 0 Å². The summed E-state index contributed by atoms with van der Waals surface area (Å²) in [5, 5.41) is 10.8. The summed E-state index contributed by atoms with van der Waals surface area (Å²) in [5.74, 6) is 0.785. The van der Waals surface area contributed by atoms with E-state index >= 15 is 0 Å². The van der Waals surface area contributed by atoms with E-state index in [2.05, 4.69) is 20.8 Å². The Hall–Kier alpha value is -0.0400. The minimum atomic E-state index is -0.0266. The van der Waals surface area contributed by atoms with Crippen LogP contribution in [0.5, 0.6) is 0 Å². The molecule has 0 aromatic carbocycles. The van der Waals surface area contributed by atoms with Crippen LogP contribution in [0, 0.1) is 22.2 Å². The van der Waals surface area contributed by atoms with Crippen molar-refractivity contribution in [2.24, 2.45) is 22.2 Å². The van der Waals surface area contributed by atoms with Gasteiger partial charge in [0.1, 0.15) is 0 Å². The fraction of sp³-hybridized carbons (Fsp3) is 1.00. The topological polar surface area (TPSA) is 20.2 Å². The van der Waals surface area contributed by atoms with E-state index in [4.69, 9.17) is 0 Å². The number of rotatable bonds is 0. The first kappa shape index (κ1) is 10.1. The van der Waals surface area contributed by atoms with E-state index in [0.717, 1.165) is 5.92 Å². The Balaban J connectivity index is 2.09. The fourth-order valence-electron chi connectivity index (χ4n) is 5.50. The Morgan fingerprint density at radius 2 is 1.60 bits per heavy atom. The van der Waals surface area contributed by atoms with Gasteiger partial charge in [0.15, 0.2) is 0 Å². The minimum absolute atomic E-state index is 0.0266. The van der Waals surface area contributed by atoms with Gasteiger partial charge in [0.25, 0.3) is 0 Å². The van der Waals surface area contributed by atoms with Crippen molar-refractivity contribution in [2.75, 3.05) is 0 Å². The third-order valence-electron chi connectivity index (χ3n) is 6.67. The Morgan fingerprint density at radius 1 is 1.00 bits per heavy atom. The molecule has 2 bridgehead atoms. The smallest absolute Gasteiger partial charge is 0.0657 e. The van der Waals surface area contributed by atoms with Crippen molar-refractivity contribution in [2.45, 2.75) is 65.4 Å². The van der Waals surface area contributed by atoms with Gasteiger partial charge in [-0.1, -0.05) is 33.6 Å². The van der Waals surface area contributed by atoms with Crippen molar-refractivity contribution in [3.05, 3.63) is 0 Å². The highest BCUT2D eigenvalue weighted by Crippen LogP contribution is 2.75. The maximum absolute atomic E-state index is 10.8. The van der Waals surface area contributed by atoms with Crippen molar-refractivity contribution in [1.29, 1.82) is 0 Å². The molecule has 1 nitrogen and oxygen atoms in total. The zero-order chi connectivity index (χ0) is 10.9. The summed E-state index contributed by atoms with van der Waals surface area (Å²) in [6.07, 6.45) is 7.85. The lowest BCUT2D eigenvalue weighted by Gasteiger charge is -2.41. The van der Waals surface area contributed by atoms with E-state index < -0.39 is 0 Å². The maximum atomic E-state index is 10.8. The van der Waals surface area contributed by atoms with E-state index in [0.29, 0.717) is 10.8 Å². The van der Waals surface area contributed by atoms with Crippen LogP contribution in [0.15, 0.2) is 0 Å². The average molecular weight is 208 g/mol. The molecule has 3 saturated carbocycles. The molecule has 0 radical (unpaired) electrons. The molecule has 3 fully saturated rings. The van der Waals surface area contributed by atoms with Gasteiger partial charge in [-0.15, -0.1) is 0 Å². The Kier molecular flexibility index (Phi) is 1.77. The van der Waals surface area contributed by atoms with Crippen molar-refractivity contribution in [3.63, 3.8) is 0 Å².